The van der Waals surface area contributed by atoms with Crippen molar-refractivity contribution in [3.63, 3.8) is 0 Å². The minimum absolute atomic E-state index is 0.0601. The molecule has 2 aromatic rings. The number of hydrogen-bond donors (Lipinski definition) is 0. The summed E-state index contributed by atoms with van der Waals surface area (Å²) in [5.41, 5.74) is 1.10. The Labute approximate surface area is 161 Å². The standard InChI is InChI=1S/C20H21BrN2O3/c21-15-5-1-4-14(12-15)13-23(16-8-9-16)19(24)17-6-2-10-22(17)20(25)18-7-3-11-26-18/h1,3-5,7,11-12,16-17H,2,6,8-10,13H2/t17-/m0/s1. The van der Waals surface area contributed by atoms with E-state index in [0.29, 0.717) is 31.3 Å². The number of rotatable bonds is 5. The Hall–Kier alpha value is -2.08. The number of carbonyl (C=O) groups is 2. The number of halogens is 1. The highest BCUT2D eigenvalue weighted by Gasteiger charge is 2.41. The molecule has 0 radical (unpaired) electrons. The smallest absolute Gasteiger partial charge is 0.290 e. The molecule has 0 bridgehead atoms. The van der Waals surface area contributed by atoms with Crippen LogP contribution in [0.5, 0.6) is 0 Å². The van der Waals surface area contributed by atoms with Crippen LogP contribution >= 0.6 is 15.9 Å². The van der Waals surface area contributed by atoms with Gasteiger partial charge in [0.2, 0.25) is 5.91 Å². The molecule has 6 heteroatoms. The van der Waals surface area contributed by atoms with Crippen LogP contribution in [-0.2, 0) is 11.3 Å². The van der Waals surface area contributed by atoms with Crippen LogP contribution in [0.1, 0.15) is 41.8 Å². The Bertz CT molecular complexity index is 801. The van der Waals surface area contributed by atoms with E-state index in [4.69, 9.17) is 4.42 Å². The third-order valence-corrected chi connectivity index (χ3v) is 5.54. The van der Waals surface area contributed by atoms with Gasteiger partial charge in [-0.1, -0.05) is 28.1 Å². The van der Waals surface area contributed by atoms with E-state index in [1.807, 2.05) is 29.2 Å². The molecule has 2 fully saturated rings. The summed E-state index contributed by atoms with van der Waals surface area (Å²) in [4.78, 5) is 29.6. The average molecular weight is 417 g/mol. The summed E-state index contributed by atoms with van der Waals surface area (Å²) in [5, 5.41) is 0. The SMILES string of the molecule is O=C([C@@H]1CCCN1C(=O)c1ccco1)N(Cc1cccc(Br)c1)C1CC1. The molecule has 1 aromatic heterocycles. The molecule has 1 aromatic carbocycles. The van der Waals surface area contributed by atoms with Gasteiger partial charge in [-0.15, -0.1) is 0 Å². The second-order valence-electron chi connectivity index (χ2n) is 6.96. The van der Waals surface area contributed by atoms with Crippen molar-refractivity contribution in [2.75, 3.05) is 6.54 Å². The Morgan fingerprint density at radius 2 is 2.04 bits per heavy atom. The lowest BCUT2D eigenvalue weighted by atomic mass is 10.1. The van der Waals surface area contributed by atoms with E-state index in [1.165, 1.54) is 6.26 Å². The van der Waals surface area contributed by atoms with Gasteiger partial charge in [-0.05, 0) is 55.5 Å². The number of likely N-dealkylation sites (tertiary alicyclic amines) is 1. The van der Waals surface area contributed by atoms with Crippen LogP contribution in [0.4, 0.5) is 0 Å². The predicted octanol–water partition coefficient (Wildman–Crippen LogP) is 3.84. The normalized spacial score (nSPS) is 19.6. The molecular weight excluding hydrogens is 396 g/mol. The molecule has 1 aliphatic heterocycles. The van der Waals surface area contributed by atoms with Crippen molar-refractivity contribution in [2.24, 2.45) is 0 Å². The summed E-state index contributed by atoms with van der Waals surface area (Å²) in [6, 6.07) is 11.3. The highest BCUT2D eigenvalue weighted by atomic mass is 79.9. The predicted molar refractivity (Wildman–Crippen MR) is 100 cm³/mol. The van der Waals surface area contributed by atoms with Gasteiger partial charge in [-0.2, -0.15) is 0 Å². The number of hydrogen-bond acceptors (Lipinski definition) is 3. The molecule has 4 rings (SSSR count). The first kappa shape index (κ1) is 17.3. The minimum atomic E-state index is -0.389. The highest BCUT2D eigenvalue weighted by molar-refractivity contribution is 9.10. The van der Waals surface area contributed by atoms with Gasteiger partial charge in [0.05, 0.1) is 6.26 Å². The van der Waals surface area contributed by atoms with E-state index in [0.717, 1.165) is 29.3 Å². The quantitative estimate of drug-likeness (QED) is 0.743. The summed E-state index contributed by atoms with van der Waals surface area (Å²) in [6.07, 6.45) is 5.13. The molecule has 2 heterocycles. The maximum Gasteiger partial charge on any atom is 0.290 e. The molecule has 1 aliphatic carbocycles. The number of nitrogens with zero attached hydrogens (tertiary/aromatic N) is 2. The molecule has 0 unspecified atom stereocenters. The molecule has 2 amide bonds. The molecule has 2 aliphatic rings. The summed E-state index contributed by atoms with van der Waals surface area (Å²) < 4.78 is 6.25. The third kappa shape index (κ3) is 3.56. The van der Waals surface area contributed by atoms with E-state index in [9.17, 15) is 9.59 Å². The first-order valence-corrected chi connectivity index (χ1v) is 9.82. The lowest BCUT2D eigenvalue weighted by Gasteiger charge is -2.30. The zero-order valence-corrected chi connectivity index (χ0v) is 16.0. The molecule has 136 valence electrons. The Morgan fingerprint density at radius 1 is 1.19 bits per heavy atom. The zero-order chi connectivity index (χ0) is 18.1. The largest absolute Gasteiger partial charge is 0.459 e. The van der Waals surface area contributed by atoms with Crippen LogP contribution in [0.2, 0.25) is 0 Å². The second kappa shape index (κ2) is 7.27. The molecule has 0 N–H and O–H groups in total. The lowest BCUT2D eigenvalue weighted by molar-refractivity contribution is -0.136. The van der Waals surface area contributed by atoms with Crippen LogP contribution in [-0.4, -0.2) is 40.2 Å². The number of amides is 2. The van der Waals surface area contributed by atoms with Gasteiger partial charge in [-0.25, -0.2) is 0 Å². The van der Waals surface area contributed by atoms with Crippen LogP contribution in [0, 0.1) is 0 Å². The molecule has 0 spiro atoms. The monoisotopic (exact) mass is 416 g/mol. The Morgan fingerprint density at radius 3 is 2.73 bits per heavy atom. The fourth-order valence-corrected chi connectivity index (χ4v) is 4.05. The molecule has 1 saturated carbocycles. The average Bonchev–Trinajstić information content (AvgIpc) is 3.13. The number of carbonyl (C=O) groups excluding carboxylic acids is 2. The molecule has 1 atom stereocenters. The summed E-state index contributed by atoms with van der Waals surface area (Å²) >= 11 is 3.49. The van der Waals surface area contributed by atoms with Crippen LogP contribution in [0.15, 0.2) is 51.6 Å². The van der Waals surface area contributed by atoms with Gasteiger partial charge in [0.25, 0.3) is 5.91 Å². The summed E-state index contributed by atoms with van der Waals surface area (Å²) in [6.45, 7) is 1.19. The highest BCUT2D eigenvalue weighted by Crippen LogP contribution is 2.32. The minimum Gasteiger partial charge on any atom is -0.459 e. The van der Waals surface area contributed by atoms with Gasteiger partial charge in [-0.3, -0.25) is 9.59 Å². The summed E-state index contributed by atoms with van der Waals surface area (Å²) in [7, 11) is 0. The van der Waals surface area contributed by atoms with Gasteiger partial charge in [0.1, 0.15) is 6.04 Å². The maximum atomic E-state index is 13.3. The van der Waals surface area contributed by atoms with Crippen LogP contribution < -0.4 is 0 Å². The van der Waals surface area contributed by atoms with E-state index < -0.39 is 0 Å². The van der Waals surface area contributed by atoms with Gasteiger partial charge in [0, 0.05) is 23.6 Å². The van der Waals surface area contributed by atoms with Crippen molar-refractivity contribution in [3.8, 4) is 0 Å². The van der Waals surface area contributed by atoms with Crippen LogP contribution in [0.25, 0.3) is 0 Å². The molecule has 5 nitrogen and oxygen atoms in total. The molecule has 26 heavy (non-hydrogen) atoms. The lowest BCUT2D eigenvalue weighted by Crippen LogP contribution is -2.48. The van der Waals surface area contributed by atoms with Crippen molar-refractivity contribution in [3.05, 3.63) is 58.5 Å². The van der Waals surface area contributed by atoms with E-state index in [-0.39, 0.29) is 17.9 Å². The molecular formula is C20H21BrN2O3. The first-order chi connectivity index (χ1) is 12.6. The molecule has 1 saturated heterocycles. The van der Waals surface area contributed by atoms with Crippen molar-refractivity contribution >= 4 is 27.7 Å². The fourth-order valence-electron chi connectivity index (χ4n) is 3.60. The Kier molecular flexibility index (Phi) is 4.85. The summed E-state index contributed by atoms with van der Waals surface area (Å²) in [5.74, 6) is 0.170. The van der Waals surface area contributed by atoms with E-state index >= 15 is 0 Å². The maximum absolute atomic E-state index is 13.3. The van der Waals surface area contributed by atoms with Gasteiger partial charge >= 0.3 is 0 Å². The van der Waals surface area contributed by atoms with Crippen molar-refractivity contribution < 1.29 is 14.0 Å². The first-order valence-electron chi connectivity index (χ1n) is 9.03. The van der Waals surface area contributed by atoms with Crippen molar-refractivity contribution in [1.29, 1.82) is 0 Å². The topological polar surface area (TPSA) is 53.8 Å². The number of furan rings is 1. The number of benzene rings is 1. The fraction of sp³-hybridized carbons (Fsp3) is 0.400. The van der Waals surface area contributed by atoms with Crippen LogP contribution in [0.3, 0.4) is 0 Å². The van der Waals surface area contributed by atoms with Gasteiger partial charge < -0.3 is 14.2 Å². The van der Waals surface area contributed by atoms with Crippen molar-refractivity contribution in [1.82, 2.24) is 9.80 Å². The third-order valence-electron chi connectivity index (χ3n) is 5.04. The van der Waals surface area contributed by atoms with Gasteiger partial charge in [0.15, 0.2) is 5.76 Å². The second-order valence-corrected chi connectivity index (χ2v) is 7.88. The van der Waals surface area contributed by atoms with Crippen molar-refractivity contribution in [2.45, 2.75) is 44.3 Å². The van der Waals surface area contributed by atoms with E-state index in [2.05, 4.69) is 15.9 Å². The zero-order valence-electron chi connectivity index (χ0n) is 14.4. The Balaban J connectivity index is 1.52. The van der Waals surface area contributed by atoms with E-state index in [1.54, 1.807) is 17.0 Å².